The molecule has 1 N–H and O–H groups in total. The van der Waals surface area contributed by atoms with Gasteiger partial charge < -0.3 is 23.6 Å². The molecule has 1 aliphatic rings. The normalized spacial score (nSPS) is 21.8. The number of hydrogen-bond donors (Lipinski definition) is 1. The van der Waals surface area contributed by atoms with Crippen LogP contribution < -0.4 is 0 Å². The van der Waals surface area contributed by atoms with Gasteiger partial charge in [0, 0.05) is 25.5 Å². The second kappa shape index (κ2) is 10.5. The molecule has 1 rings (SSSR count). The Labute approximate surface area is 126 Å². The third-order valence-corrected chi connectivity index (χ3v) is 4.75. The summed E-state index contributed by atoms with van der Waals surface area (Å²) in [6, 6.07) is 0. The van der Waals surface area contributed by atoms with E-state index in [1.54, 1.807) is 19.9 Å². The van der Waals surface area contributed by atoms with E-state index in [0.29, 0.717) is 26.2 Å². The van der Waals surface area contributed by atoms with Crippen LogP contribution in [0.15, 0.2) is 11.9 Å². The second-order valence-corrected chi connectivity index (χ2v) is 6.59. The zero-order valence-electron chi connectivity index (χ0n) is 12.9. The van der Waals surface area contributed by atoms with Gasteiger partial charge in [0.15, 0.2) is 6.29 Å². The standard InChI is InChI=1S/C14H27O6P/c1-3-18-21(16,19-4-2)12-9-13(8-10-15)20-14-7-5-6-11-17-14/h9,12-15H,3-8,10-11H2,1-2H3/b12-9+/t13-,14+/m1/s1. The number of rotatable bonds is 10. The highest BCUT2D eigenvalue weighted by atomic mass is 31.2. The first kappa shape index (κ1) is 18.8. The lowest BCUT2D eigenvalue weighted by atomic mass is 10.2. The van der Waals surface area contributed by atoms with Crippen LogP contribution in [-0.4, -0.2) is 43.9 Å². The van der Waals surface area contributed by atoms with Crippen LogP contribution in [0.2, 0.25) is 0 Å². The summed E-state index contributed by atoms with van der Waals surface area (Å²) in [5.41, 5.74) is 0. The molecule has 0 unspecified atom stereocenters. The van der Waals surface area contributed by atoms with E-state index in [2.05, 4.69) is 0 Å². The minimum absolute atomic E-state index is 0.0186. The van der Waals surface area contributed by atoms with Crippen molar-refractivity contribution in [3.8, 4) is 0 Å². The van der Waals surface area contributed by atoms with Crippen molar-refractivity contribution in [3.05, 3.63) is 11.9 Å². The van der Waals surface area contributed by atoms with Gasteiger partial charge >= 0.3 is 7.60 Å². The van der Waals surface area contributed by atoms with E-state index in [-0.39, 0.29) is 19.0 Å². The van der Waals surface area contributed by atoms with Crippen LogP contribution in [0.5, 0.6) is 0 Å². The Morgan fingerprint density at radius 2 is 2.05 bits per heavy atom. The van der Waals surface area contributed by atoms with Gasteiger partial charge in [-0.2, -0.15) is 0 Å². The molecule has 0 bridgehead atoms. The molecule has 7 heteroatoms. The maximum absolute atomic E-state index is 12.3. The van der Waals surface area contributed by atoms with E-state index in [0.717, 1.165) is 19.3 Å². The molecule has 1 fully saturated rings. The lowest BCUT2D eigenvalue weighted by Gasteiger charge is -2.26. The molecule has 2 atom stereocenters. The van der Waals surface area contributed by atoms with E-state index in [4.69, 9.17) is 23.6 Å². The van der Waals surface area contributed by atoms with E-state index in [1.165, 1.54) is 5.82 Å². The molecule has 1 aliphatic heterocycles. The monoisotopic (exact) mass is 322 g/mol. The first-order valence-corrected chi connectivity index (χ1v) is 9.20. The predicted molar refractivity (Wildman–Crippen MR) is 80.2 cm³/mol. The zero-order chi connectivity index (χ0) is 15.6. The Morgan fingerprint density at radius 3 is 2.57 bits per heavy atom. The van der Waals surface area contributed by atoms with Crippen LogP contribution in [0, 0.1) is 0 Å². The lowest BCUT2D eigenvalue weighted by Crippen LogP contribution is -2.27. The Morgan fingerprint density at radius 1 is 1.33 bits per heavy atom. The third-order valence-electron chi connectivity index (χ3n) is 2.98. The van der Waals surface area contributed by atoms with E-state index in [9.17, 15) is 4.57 Å². The first-order chi connectivity index (χ1) is 10.1. The highest BCUT2D eigenvalue weighted by molar-refractivity contribution is 7.57. The number of ether oxygens (including phenoxy) is 2. The fourth-order valence-corrected chi connectivity index (χ4v) is 3.40. The predicted octanol–water partition coefficient (Wildman–Crippen LogP) is 3.06. The van der Waals surface area contributed by atoms with Crippen molar-refractivity contribution >= 4 is 7.60 Å². The van der Waals surface area contributed by atoms with Crippen molar-refractivity contribution in [2.75, 3.05) is 26.4 Å². The van der Waals surface area contributed by atoms with Gasteiger partial charge in [0.05, 0.1) is 19.3 Å². The van der Waals surface area contributed by atoms with Gasteiger partial charge in [-0.05, 0) is 39.2 Å². The van der Waals surface area contributed by atoms with Crippen molar-refractivity contribution in [1.82, 2.24) is 0 Å². The largest absolute Gasteiger partial charge is 0.396 e. The van der Waals surface area contributed by atoms with Gasteiger partial charge in [0.1, 0.15) is 0 Å². The maximum Gasteiger partial charge on any atom is 0.353 e. The van der Waals surface area contributed by atoms with Gasteiger partial charge in [0.2, 0.25) is 0 Å². The average molecular weight is 322 g/mol. The molecule has 1 heterocycles. The Bertz CT molecular complexity index is 330. The molecule has 0 spiro atoms. The fourth-order valence-electron chi connectivity index (χ4n) is 2.03. The summed E-state index contributed by atoms with van der Waals surface area (Å²) < 4.78 is 34.0. The highest BCUT2D eigenvalue weighted by Gasteiger charge is 2.22. The summed E-state index contributed by atoms with van der Waals surface area (Å²) >= 11 is 0. The molecule has 1 saturated heterocycles. The zero-order valence-corrected chi connectivity index (χ0v) is 13.8. The Balaban J connectivity index is 2.61. The first-order valence-electron chi connectivity index (χ1n) is 7.59. The van der Waals surface area contributed by atoms with Crippen LogP contribution in [0.25, 0.3) is 0 Å². The van der Waals surface area contributed by atoms with Crippen molar-refractivity contribution in [1.29, 1.82) is 0 Å². The summed E-state index contributed by atoms with van der Waals surface area (Å²) in [5, 5.41) is 9.12. The molecule has 0 saturated carbocycles. The van der Waals surface area contributed by atoms with Gasteiger partial charge in [-0.25, -0.2) is 0 Å². The SMILES string of the molecule is CCOP(=O)(/C=C/[C@@H](CCO)O[C@H]1CCCCO1)OCC. The van der Waals surface area contributed by atoms with Gasteiger partial charge in [-0.3, -0.25) is 4.57 Å². The molecule has 0 aromatic carbocycles. The lowest BCUT2D eigenvalue weighted by molar-refractivity contribution is -0.180. The smallest absolute Gasteiger partial charge is 0.353 e. The number of hydrogen-bond acceptors (Lipinski definition) is 6. The van der Waals surface area contributed by atoms with E-state index >= 15 is 0 Å². The number of aliphatic hydroxyl groups excluding tert-OH is 1. The van der Waals surface area contributed by atoms with Gasteiger partial charge in [0.25, 0.3) is 0 Å². The third kappa shape index (κ3) is 7.54. The van der Waals surface area contributed by atoms with E-state index < -0.39 is 7.60 Å². The second-order valence-electron chi connectivity index (χ2n) is 4.70. The molecule has 124 valence electrons. The van der Waals surface area contributed by atoms with Gasteiger partial charge in [-0.1, -0.05) is 0 Å². The summed E-state index contributed by atoms with van der Waals surface area (Å²) in [6.45, 7) is 4.80. The summed E-state index contributed by atoms with van der Waals surface area (Å²) in [4.78, 5) is 0. The van der Waals surface area contributed by atoms with Crippen LogP contribution in [0.1, 0.15) is 39.5 Å². The molecule has 0 aromatic heterocycles. The number of aliphatic hydroxyl groups is 1. The molecule has 0 amide bonds. The highest BCUT2D eigenvalue weighted by Crippen LogP contribution is 2.49. The molecule has 0 aliphatic carbocycles. The fraction of sp³-hybridized carbons (Fsp3) is 0.857. The van der Waals surface area contributed by atoms with Crippen LogP contribution >= 0.6 is 7.60 Å². The van der Waals surface area contributed by atoms with Crippen molar-refractivity contribution in [2.45, 2.75) is 51.9 Å². The summed E-state index contributed by atoms with van der Waals surface area (Å²) in [7, 11) is -3.23. The van der Waals surface area contributed by atoms with Crippen molar-refractivity contribution < 1.29 is 28.2 Å². The topological polar surface area (TPSA) is 74.2 Å². The van der Waals surface area contributed by atoms with Gasteiger partial charge in [-0.15, -0.1) is 0 Å². The van der Waals surface area contributed by atoms with Crippen LogP contribution in [0.4, 0.5) is 0 Å². The van der Waals surface area contributed by atoms with E-state index in [1.807, 2.05) is 0 Å². The molecule has 0 aromatic rings. The Kier molecular flexibility index (Phi) is 9.40. The van der Waals surface area contributed by atoms with Crippen LogP contribution in [-0.2, 0) is 23.1 Å². The molecular formula is C14H27O6P. The van der Waals surface area contributed by atoms with Crippen molar-refractivity contribution in [2.24, 2.45) is 0 Å². The van der Waals surface area contributed by atoms with Crippen molar-refractivity contribution in [3.63, 3.8) is 0 Å². The minimum atomic E-state index is -3.23. The molecule has 21 heavy (non-hydrogen) atoms. The molecular weight excluding hydrogens is 295 g/mol. The van der Waals surface area contributed by atoms with Crippen LogP contribution in [0.3, 0.4) is 0 Å². The molecule has 6 nitrogen and oxygen atoms in total. The summed E-state index contributed by atoms with van der Waals surface area (Å²) in [5.74, 6) is 1.42. The Hall–Kier alpha value is -0.230. The molecule has 0 radical (unpaired) electrons. The maximum atomic E-state index is 12.3. The summed E-state index contributed by atoms with van der Waals surface area (Å²) in [6.07, 6.45) is 4.37. The average Bonchev–Trinajstić information content (AvgIpc) is 2.47. The quantitative estimate of drug-likeness (QED) is 0.623. The minimum Gasteiger partial charge on any atom is -0.396 e.